The molecule has 0 amide bonds. The SMILES string of the molecule is COc1ccccc1CCN1COc2cc(C)c3c(c2C1)O/C(=C\c1ccccc1Cl)C3=O. The lowest BCUT2D eigenvalue weighted by Gasteiger charge is -2.30. The van der Waals surface area contributed by atoms with Crippen LogP contribution in [0.1, 0.15) is 32.6 Å². The average molecular weight is 462 g/mol. The Morgan fingerprint density at radius 1 is 1.15 bits per heavy atom. The fourth-order valence-electron chi connectivity index (χ4n) is 4.34. The molecule has 3 aromatic rings. The van der Waals surface area contributed by atoms with Gasteiger partial charge in [-0.1, -0.05) is 48.0 Å². The highest BCUT2D eigenvalue weighted by molar-refractivity contribution is 6.32. The molecule has 2 aliphatic rings. The largest absolute Gasteiger partial charge is 0.496 e. The van der Waals surface area contributed by atoms with Crippen LogP contribution in [-0.4, -0.2) is 31.1 Å². The Morgan fingerprint density at radius 2 is 1.94 bits per heavy atom. The standard InChI is InChI=1S/C27H24ClNO4/c1-17-13-23-20(15-29(16-32-23)12-11-18-7-4-6-10-22(18)31-2)27-25(17)26(30)24(33-27)14-19-8-3-5-9-21(19)28/h3-10,13-14H,11-12,15-16H2,1-2H3/b24-14-. The molecule has 0 atom stereocenters. The van der Waals surface area contributed by atoms with Crippen molar-refractivity contribution < 1.29 is 19.0 Å². The van der Waals surface area contributed by atoms with E-state index < -0.39 is 0 Å². The van der Waals surface area contributed by atoms with Gasteiger partial charge in [0.05, 0.1) is 18.2 Å². The summed E-state index contributed by atoms with van der Waals surface area (Å²) in [6.45, 7) is 3.82. The van der Waals surface area contributed by atoms with Gasteiger partial charge in [0.25, 0.3) is 0 Å². The van der Waals surface area contributed by atoms with E-state index in [1.807, 2.05) is 49.4 Å². The molecule has 0 unspecified atom stereocenters. The minimum absolute atomic E-state index is 0.128. The molecule has 5 rings (SSSR count). The molecule has 0 aliphatic carbocycles. The van der Waals surface area contributed by atoms with Gasteiger partial charge in [0, 0.05) is 18.1 Å². The van der Waals surface area contributed by atoms with Crippen LogP contribution in [0, 0.1) is 6.92 Å². The molecular formula is C27H24ClNO4. The first kappa shape index (κ1) is 21.6. The molecule has 2 aliphatic heterocycles. The highest BCUT2D eigenvalue weighted by Crippen LogP contribution is 2.44. The number of hydrogen-bond acceptors (Lipinski definition) is 5. The third kappa shape index (κ3) is 4.10. The monoisotopic (exact) mass is 461 g/mol. The van der Waals surface area contributed by atoms with E-state index in [1.54, 1.807) is 19.3 Å². The summed E-state index contributed by atoms with van der Waals surface area (Å²) in [5.74, 6) is 2.40. The number of Topliss-reactive ketones (excluding diaryl/α,β-unsaturated/α-hetero) is 1. The number of fused-ring (bicyclic) bond motifs is 3. The first-order chi connectivity index (χ1) is 16.0. The van der Waals surface area contributed by atoms with Crippen molar-refractivity contribution in [3.05, 3.63) is 93.2 Å². The number of hydrogen-bond donors (Lipinski definition) is 0. The van der Waals surface area contributed by atoms with Gasteiger partial charge in [0.15, 0.2) is 5.76 Å². The van der Waals surface area contributed by atoms with Crippen molar-refractivity contribution in [2.24, 2.45) is 0 Å². The molecule has 0 N–H and O–H groups in total. The summed E-state index contributed by atoms with van der Waals surface area (Å²) in [6.07, 6.45) is 2.54. The van der Waals surface area contributed by atoms with Gasteiger partial charge in [-0.05, 0) is 54.3 Å². The minimum Gasteiger partial charge on any atom is -0.496 e. The van der Waals surface area contributed by atoms with Crippen LogP contribution in [0.5, 0.6) is 17.2 Å². The number of carbonyl (C=O) groups is 1. The van der Waals surface area contributed by atoms with E-state index >= 15 is 0 Å². The maximum Gasteiger partial charge on any atom is 0.232 e. The smallest absolute Gasteiger partial charge is 0.232 e. The van der Waals surface area contributed by atoms with E-state index in [2.05, 4.69) is 11.0 Å². The molecule has 2 heterocycles. The summed E-state index contributed by atoms with van der Waals surface area (Å²) < 4.78 is 17.7. The number of halogens is 1. The predicted octanol–water partition coefficient (Wildman–Crippen LogP) is 5.67. The number of rotatable bonds is 5. The minimum atomic E-state index is -0.128. The van der Waals surface area contributed by atoms with Crippen LogP contribution in [0.25, 0.3) is 6.08 Å². The molecule has 0 fully saturated rings. The number of ketones is 1. The second kappa shape index (κ2) is 8.93. The topological polar surface area (TPSA) is 48.0 Å². The van der Waals surface area contributed by atoms with Crippen molar-refractivity contribution in [2.45, 2.75) is 19.9 Å². The van der Waals surface area contributed by atoms with Gasteiger partial charge in [-0.15, -0.1) is 0 Å². The zero-order valence-electron chi connectivity index (χ0n) is 18.6. The molecule has 3 aromatic carbocycles. The number of methoxy groups -OCH3 is 1. The molecule has 0 spiro atoms. The zero-order chi connectivity index (χ0) is 22.9. The molecular weight excluding hydrogens is 438 g/mol. The normalized spacial score (nSPS) is 16.2. The van der Waals surface area contributed by atoms with Crippen LogP contribution in [0.2, 0.25) is 5.02 Å². The van der Waals surface area contributed by atoms with Crippen LogP contribution in [0.4, 0.5) is 0 Å². The Morgan fingerprint density at radius 3 is 2.76 bits per heavy atom. The Hall–Kier alpha value is -3.28. The van der Waals surface area contributed by atoms with Crippen LogP contribution in [-0.2, 0) is 13.0 Å². The highest BCUT2D eigenvalue weighted by atomic mass is 35.5. The molecule has 0 bridgehead atoms. The first-order valence-corrected chi connectivity index (χ1v) is 11.2. The van der Waals surface area contributed by atoms with E-state index in [0.717, 1.165) is 46.7 Å². The van der Waals surface area contributed by atoms with Gasteiger partial charge in [0.2, 0.25) is 5.78 Å². The van der Waals surface area contributed by atoms with E-state index in [-0.39, 0.29) is 11.5 Å². The van der Waals surface area contributed by atoms with Crippen LogP contribution >= 0.6 is 11.6 Å². The van der Waals surface area contributed by atoms with Crippen LogP contribution in [0.15, 0.2) is 60.4 Å². The fourth-order valence-corrected chi connectivity index (χ4v) is 4.53. The lowest BCUT2D eigenvalue weighted by Crippen LogP contribution is -2.34. The molecule has 6 heteroatoms. The van der Waals surface area contributed by atoms with Gasteiger partial charge in [0.1, 0.15) is 24.0 Å². The number of benzene rings is 3. The Labute approximate surface area is 198 Å². The second-order valence-corrected chi connectivity index (χ2v) is 8.63. The van der Waals surface area contributed by atoms with Gasteiger partial charge >= 0.3 is 0 Å². The number of para-hydroxylation sites is 1. The molecule has 5 nitrogen and oxygen atoms in total. The van der Waals surface area contributed by atoms with Gasteiger partial charge < -0.3 is 14.2 Å². The Balaban J connectivity index is 1.41. The van der Waals surface area contributed by atoms with Gasteiger partial charge in [-0.2, -0.15) is 0 Å². The number of allylic oxidation sites excluding steroid dienone is 1. The highest BCUT2D eigenvalue weighted by Gasteiger charge is 2.35. The molecule has 168 valence electrons. The van der Waals surface area contributed by atoms with E-state index in [0.29, 0.717) is 29.6 Å². The number of aryl methyl sites for hydroxylation is 1. The van der Waals surface area contributed by atoms with Crippen molar-refractivity contribution in [3.8, 4) is 17.2 Å². The fraction of sp³-hybridized carbons (Fsp3) is 0.222. The summed E-state index contributed by atoms with van der Waals surface area (Å²) in [7, 11) is 1.69. The first-order valence-electron chi connectivity index (χ1n) is 10.9. The maximum atomic E-state index is 13.2. The Kier molecular flexibility index (Phi) is 5.83. The quantitative estimate of drug-likeness (QED) is 0.458. The molecule has 0 aromatic heterocycles. The number of nitrogens with zero attached hydrogens (tertiary/aromatic N) is 1. The number of ether oxygens (including phenoxy) is 3. The van der Waals surface area contributed by atoms with Gasteiger partial charge in [-0.3, -0.25) is 9.69 Å². The lowest BCUT2D eigenvalue weighted by molar-refractivity contribution is 0.0947. The van der Waals surface area contributed by atoms with Crippen molar-refractivity contribution in [2.75, 3.05) is 20.4 Å². The van der Waals surface area contributed by atoms with Crippen molar-refractivity contribution >= 4 is 23.5 Å². The van der Waals surface area contributed by atoms with E-state index in [9.17, 15) is 4.79 Å². The summed E-state index contributed by atoms with van der Waals surface area (Å²) >= 11 is 6.29. The molecule has 33 heavy (non-hydrogen) atoms. The van der Waals surface area contributed by atoms with E-state index in [1.165, 1.54) is 0 Å². The molecule has 0 saturated carbocycles. The summed E-state index contributed by atoms with van der Waals surface area (Å²) in [5.41, 5.74) is 4.24. The summed E-state index contributed by atoms with van der Waals surface area (Å²) in [4.78, 5) is 15.4. The maximum absolute atomic E-state index is 13.2. The molecule has 0 radical (unpaired) electrons. The number of carbonyl (C=O) groups excluding carboxylic acids is 1. The van der Waals surface area contributed by atoms with Crippen molar-refractivity contribution in [1.29, 1.82) is 0 Å². The Bertz CT molecular complexity index is 1270. The summed E-state index contributed by atoms with van der Waals surface area (Å²) in [5, 5.41) is 0.571. The third-order valence-electron chi connectivity index (χ3n) is 6.07. The lowest BCUT2D eigenvalue weighted by atomic mass is 9.98. The molecule has 0 saturated heterocycles. The van der Waals surface area contributed by atoms with Crippen molar-refractivity contribution in [3.63, 3.8) is 0 Å². The van der Waals surface area contributed by atoms with E-state index in [4.69, 9.17) is 25.8 Å². The average Bonchev–Trinajstić information content (AvgIpc) is 3.16. The van der Waals surface area contributed by atoms with Gasteiger partial charge in [-0.25, -0.2) is 0 Å². The van der Waals surface area contributed by atoms with Crippen LogP contribution in [0.3, 0.4) is 0 Å². The summed E-state index contributed by atoms with van der Waals surface area (Å²) in [6, 6.07) is 17.4. The third-order valence-corrected chi connectivity index (χ3v) is 6.41. The van der Waals surface area contributed by atoms with Crippen LogP contribution < -0.4 is 14.2 Å². The zero-order valence-corrected chi connectivity index (χ0v) is 19.3. The predicted molar refractivity (Wildman–Crippen MR) is 128 cm³/mol. The van der Waals surface area contributed by atoms with Crippen molar-refractivity contribution in [1.82, 2.24) is 4.90 Å². The second-order valence-electron chi connectivity index (χ2n) is 8.22.